The Kier molecular flexibility index (Phi) is 4.47. The number of hydrogen-bond donors (Lipinski definition) is 0. The van der Waals surface area contributed by atoms with Crippen LogP contribution in [0.3, 0.4) is 0 Å². The van der Waals surface area contributed by atoms with Gasteiger partial charge in [0, 0.05) is 0 Å². The zero-order valence-corrected chi connectivity index (χ0v) is 11.0. The van der Waals surface area contributed by atoms with Crippen molar-refractivity contribution in [3.63, 3.8) is 0 Å². The highest BCUT2D eigenvalue weighted by Gasteiger charge is 2.24. The maximum absolute atomic E-state index is 14.0. The van der Waals surface area contributed by atoms with Crippen LogP contribution in [0.2, 0.25) is 0 Å². The van der Waals surface area contributed by atoms with Gasteiger partial charge in [0.15, 0.2) is 17.4 Å². The second kappa shape index (κ2) is 6.30. The lowest BCUT2D eigenvalue weighted by atomic mass is 10.1. The van der Waals surface area contributed by atoms with E-state index in [1.165, 1.54) is 0 Å². The Labute approximate surface area is 118 Å². The molecular formula is C15H11F3O3. The molecule has 2 aromatic rings. The van der Waals surface area contributed by atoms with Crippen molar-refractivity contribution in [2.45, 2.75) is 6.61 Å². The van der Waals surface area contributed by atoms with E-state index in [0.29, 0.717) is 11.6 Å². The number of rotatable bonds is 4. The van der Waals surface area contributed by atoms with Crippen LogP contribution in [0, 0.1) is 17.5 Å². The number of carbonyl (C=O) groups excluding carboxylic acids is 1. The number of ether oxygens (including phenoxy) is 2. The fourth-order valence-corrected chi connectivity index (χ4v) is 1.70. The van der Waals surface area contributed by atoms with Crippen LogP contribution < -0.4 is 4.74 Å². The van der Waals surface area contributed by atoms with Gasteiger partial charge < -0.3 is 9.47 Å². The number of carbonyl (C=O) groups is 1. The van der Waals surface area contributed by atoms with Crippen LogP contribution >= 0.6 is 0 Å². The van der Waals surface area contributed by atoms with E-state index < -0.39 is 34.7 Å². The molecule has 0 N–H and O–H groups in total. The van der Waals surface area contributed by atoms with E-state index in [2.05, 4.69) is 4.74 Å². The number of hydrogen-bond acceptors (Lipinski definition) is 3. The van der Waals surface area contributed by atoms with Crippen molar-refractivity contribution in [2.24, 2.45) is 0 Å². The molecule has 2 aromatic carbocycles. The average Bonchev–Trinajstić information content (AvgIpc) is 2.51. The number of methoxy groups -OCH3 is 1. The van der Waals surface area contributed by atoms with E-state index >= 15 is 0 Å². The Morgan fingerprint density at radius 1 is 1.10 bits per heavy atom. The van der Waals surface area contributed by atoms with Crippen LogP contribution in [0.25, 0.3) is 0 Å². The van der Waals surface area contributed by atoms with Crippen molar-refractivity contribution in [2.75, 3.05) is 7.11 Å². The Balaban J connectivity index is 2.34. The van der Waals surface area contributed by atoms with E-state index in [0.717, 1.165) is 7.11 Å². The van der Waals surface area contributed by atoms with Gasteiger partial charge in [0.25, 0.3) is 0 Å². The summed E-state index contributed by atoms with van der Waals surface area (Å²) < 4.78 is 50.3. The lowest BCUT2D eigenvalue weighted by molar-refractivity contribution is 0.0593. The van der Waals surface area contributed by atoms with Gasteiger partial charge in [-0.15, -0.1) is 0 Å². The highest BCUT2D eigenvalue weighted by molar-refractivity contribution is 5.90. The molecule has 0 heterocycles. The Hall–Kier alpha value is -2.50. The molecule has 0 aliphatic carbocycles. The maximum atomic E-state index is 14.0. The molecule has 6 heteroatoms. The van der Waals surface area contributed by atoms with E-state index in [4.69, 9.17) is 4.74 Å². The minimum atomic E-state index is -1.49. The molecule has 0 aliphatic heterocycles. The maximum Gasteiger partial charge on any atom is 0.341 e. The van der Waals surface area contributed by atoms with E-state index in [1.54, 1.807) is 30.3 Å². The first-order valence-corrected chi connectivity index (χ1v) is 5.97. The van der Waals surface area contributed by atoms with Gasteiger partial charge in [0.2, 0.25) is 5.82 Å². The zero-order chi connectivity index (χ0) is 15.4. The van der Waals surface area contributed by atoms with Crippen LogP contribution in [-0.2, 0) is 11.3 Å². The normalized spacial score (nSPS) is 10.3. The molecule has 0 saturated heterocycles. The Morgan fingerprint density at radius 3 is 2.38 bits per heavy atom. The lowest BCUT2D eigenvalue weighted by Gasteiger charge is -2.11. The van der Waals surface area contributed by atoms with E-state index in [1.807, 2.05) is 0 Å². The van der Waals surface area contributed by atoms with Gasteiger partial charge in [-0.25, -0.2) is 13.6 Å². The SMILES string of the molecule is COC(=O)c1cc(F)c(F)c(OCc2ccccc2)c1F. The second-order valence-corrected chi connectivity index (χ2v) is 4.13. The third kappa shape index (κ3) is 3.16. The predicted octanol–water partition coefficient (Wildman–Crippen LogP) is 3.47. The van der Waals surface area contributed by atoms with Crippen LogP contribution in [0.15, 0.2) is 36.4 Å². The van der Waals surface area contributed by atoms with Crippen molar-refractivity contribution >= 4 is 5.97 Å². The standard InChI is InChI=1S/C15H11F3O3/c1-20-15(19)10-7-11(16)13(18)14(12(10)17)21-8-9-5-3-2-4-6-9/h2-7H,8H2,1H3. The zero-order valence-electron chi connectivity index (χ0n) is 11.0. The largest absolute Gasteiger partial charge is 0.483 e. The summed E-state index contributed by atoms with van der Waals surface area (Å²) in [7, 11) is 1.01. The summed E-state index contributed by atoms with van der Waals surface area (Å²) in [5.41, 5.74) is -0.0837. The van der Waals surface area contributed by atoms with Gasteiger partial charge in [-0.3, -0.25) is 0 Å². The molecule has 0 saturated carbocycles. The summed E-state index contributed by atoms with van der Waals surface area (Å²) >= 11 is 0. The first-order valence-electron chi connectivity index (χ1n) is 5.97. The average molecular weight is 296 g/mol. The highest BCUT2D eigenvalue weighted by Crippen LogP contribution is 2.28. The molecule has 0 radical (unpaired) electrons. The van der Waals surface area contributed by atoms with Gasteiger partial charge in [0.05, 0.1) is 7.11 Å². The molecule has 0 aliphatic rings. The van der Waals surface area contributed by atoms with Gasteiger partial charge >= 0.3 is 5.97 Å². The quantitative estimate of drug-likeness (QED) is 0.640. The number of esters is 1. The summed E-state index contributed by atoms with van der Waals surface area (Å²) in [6.45, 7) is -0.168. The van der Waals surface area contributed by atoms with Gasteiger partial charge in [0.1, 0.15) is 12.2 Å². The molecule has 0 aromatic heterocycles. The molecule has 0 fully saturated rings. The van der Waals surface area contributed by atoms with Gasteiger partial charge in [-0.05, 0) is 11.6 Å². The van der Waals surface area contributed by atoms with Crippen LogP contribution in [0.1, 0.15) is 15.9 Å². The molecule has 0 bridgehead atoms. The Bertz CT molecular complexity index is 657. The minimum Gasteiger partial charge on any atom is -0.483 e. The summed E-state index contributed by atoms with van der Waals surface area (Å²) in [4.78, 5) is 11.3. The van der Waals surface area contributed by atoms with Crippen molar-refractivity contribution in [1.82, 2.24) is 0 Å². The first-order chi connectivity index (χ1) is 10.0. The number of benzene rings is 2. The van der Waals surface area contributed by atoms with Gasteiger partial charge in [-0.1, -0.05) is 30.3 Å². The molecule has 0 unspecified atom stereocenters. The topological polar surface area (TPSA) is 35.5 Å². The summed E-state index contributed by atoms with van der Waals surface area (Å²) in [6, 6.07) is 8.99. The molecule has 21 heavy (non-hydrogen) atoms. The van der Waals surface area contributed by atoms with Crippen LogP contribution in [0.4, 0.5) is 13.2 Å². The summed E-state index contributed by atoms with van der Waals surface area (Å²) in [6.07, 6.45) is 0. The third-order valence-corrected chi connectivity index (χ3v) is 2.75. The lowest BCUT2D eigenvalue weighted by Crippen LogP contribution is -2.10. The van der Waals surface area contributed by atoms with E-state index in [9.17, 15) is 18.0 Å². The highest BCUT2D eigenvalue weighted by atomic mass is 19.2. The van der Waals surface area contributed by atoms with Crippen LogP contribution in [-0.4, -0.2) is 13.1 Å². The van der Waals surface area contributed by atoms with Crippen molar-refractivity contribution in [3.05, 3.63) is 65.0 Å². The third-order valence-electron chi connectivity index (χ3n) is 2.75. The van der Waals surface area contributed by atoms with Crippen molar-refractivity contribution < 1.29 is 27.4 Å². The molecule has 0 atom stereocenters. The second-order valence-electron chi connectivity index (χ2n) is 4.13. The molecule has 2 rings (SSSR count). The molecular weight excluding hydrogens is 285 g/mol. The fraction of sp³-hybridized carbons (Fsp3) is 0.133. The minimum absolute atomic E-state index is 0.168. The Morgan fingerprint density at radius 2 is 1.76 bits per heavy atom. The first kappa shape index (κ1) is 14.9. The monoisotopic (exact) mass is 296 g/mol. The predicted molar refractivity (Wildman–Crippen MR) is 68.4 cm³/mol. The van der Waals surface area contributed by atoms with Crippen molar-refractivity contribution in [3.8, 4) is 5.75 Å². The van der Waals surface area contributed by atoms with Gasteiger partial charge in [-0.2, -0.15) is 4.39 Å². The summed E-state index contributed by atoms with van der Waals surface area (Å²) in [5.74, 6) is -6.23. The molecule has 0 spiro atoms. The molecule has 110 valence electrons. The number of halogens is 3. The van der Waals surface area contributed by atoms with Crippen LogP contribution in [0.5, 0.6) is 5.75 Å². The smallest absolute Gasteiger partial charge is 0.341 e. The van der Waals surface area contributed by atoms with E-state index in [-0.39, 0.29) is 6.61 Å². The molecule has 0 amide bonds. The van der Waals surface area contributed by atoms with Crippen molar-refractivity contribution in [1.29, 1.82) is 0 Å². The summed E-state index contributed by atoms with van der Waals surface area (Å²) in [5, 5.41) is 0. The molecule has 3 nitrogen and oxygen atoms in total. The fourth-order valence-electron chi connectivity index (χ4n) is 1.70.